The Morgan fingerprint density at radius 2 is 1.05 bits per heavy atom. The van der Waals surface area contributed by atoms with Crippen LogP contribution < -0.4 is 31.9 Å². The summed E-state index contributed by atoms with van der Waals surface area (Å²) in [6, 6.07) is 37.8. The lowest BCUT2D eigenvalue weighted by Crippen LogP contribution is -2.36. The number of fused-ring (bicyclic) bond motifs is 9. The Morgan fingerprint density at radius 3 is 1.55 bits per heavy atom. The summed E-state index contributed by atoms with van der Waals surface area (Å²) >= 11 is 0. The first-order valence-electron chi connectivity index (χ1n) is 20.6. The largest absolute Gasteiger partial charge is 0.871 e. The number of allylic oxidation sites excluding steroid dienone is 5. The first kappa shape index (κ1) is 40.0. The molecule has 0 fully saturated rings. The number of carbonyl (C=O) groups is 1. The molecule has 11 rings (SSSR count). The maximum Gasteiger partial charge on any atom is 0.275 e. The average molecular weight is 821 g/mol. The molecule has 7 aromatic rings. The van der Waals surface area contributed by atoms with Crippen molar-refractivity contribution in [3.05, 3.63) is 193 Å². The van der Waals surface area contributed by atoms with Crippen molar-refractivity contribution in [1.29, 1.82) is 0 Å². The highest BCUT2D eigenvalue weighted by Crippen LogP contribution is 2.50. The SMILES string of the molecule is C=C1Nc2ccc3ccccc3c2C1(C)C.CC1(C)C(=CC2=C([O-])C(=CC3Nc4ccc5ccccc5c4C3(C)C)C2=O)Nc2ccc3ccccc3c21.O=c1c(O)c(O)c1=O. The number of rotatable bonds is 2. The Hall–Kier alpha value is -7.39. The smallest absolute Gasteiger partial charge is 0.275 e. The molecule has 3 aliphatic heterocycles. The van der Waals surface area contributed by atoms with Crippen molar-refractivity contribution in [3.8, 4) is 11.5 Å². The van der Waals surface area contributed by atoms with Gasteiger partial charge in [0.2, 0.25) is 11.5 Å². The van der Waals surface area contributed by atoms with Crippen molar-refractivity contribution >= 4 is 55.2 Å². The Labute approximate surface area is 358 Å². The summed E-state index contributed by atoms with van der Waals surface area (Å²) < 4.78 is 0. The third kappa shape index (κ3) is 6.02. The van der Waals surface area contributed by atoms with Crippen LogP contribution in [0.15, 0.2) is 166 Å². The molecule has 5 N–H and O–H groups in total. The highest BCUT2D eigenvalue weighted by Gasteiger charge is 2.42. The molecule has 1 atom stereocenters. The lowest BCUT2D eigenvalue weighted by atomic mass is 9.75. The lowest BCUT2D eigenvalue weighted by molar-refractivity contribution is -0.300. The second kappa shape index (κ2) is 14.1. The van der Waals surface area contributed by atoms with Gasteiger partial charge in [0.15, 0.2) is 5.78 Å². The minimum absolute atomic E-state index is 0.0101. The van der Waals surface area contributed by atoms with Crippen molar-refractivity contribution in [1.82, 2.24) is 0 Å². The van der Waals surface area contributed by atoms with E-state index in [1.54, 1.807) is 6.08 Å². The normalized spacial score (nSPS) is 19.8. The van der Waals surface area contributed by atoms with Gasteiger partial charge in [-0.2, -0.15) is 0 Å². The van der Waals surface area contributed by atoms with Gasteiger partial charge in [-0.25, -0.2) is 0 Å². The maximum atomic E-state index is 13.3. The predicted octanol–water partition coefficient (Wildman–Crippen LogP) is 9.23. The van der Waals surface area contributed by atoms with Gasteiger partial charge in [-0.3, -0.25) is 14.4 Å². The quantitative estimate of drug-likeness (QED) is 0.0850. The topological polar surface area (TPSA) is 151 Å². The molecule has 0 bridgehead atoms. The molecular weight excluding hydrogens is 775 g/mol. The van der Waals surface area contributed by atoms with Gasteiger partial charge in [0.1, 0.15) is 0 Å². The van der Waals surface area contributed by atoms with Crippen LogP contribution in [0.2, 0.25) is 0 Å². The fourth-order valence-electron chi connectivity index (χ4n) is 9.45. The highest BCUT2D eigenvalue weighted by atomic mass is 16.3. The van der Waals surface area contributed by atoms with Crippen LogP contribution in [0, 0.1) is 0 Å². The highest BCUT2D eigenvalue weighted by molar-refractivity contribution is 6.21. The van der Waals surface area contributed by atoms with Crippen LogP contribution in [-0.4, -0.2) is 22.0 Å². The van der Waals surface area contributed by atoms with Gasteiger partial charge in [-0.05, 0) is 73.3 Å². The van der Waals surface area contributed by atoms with Gasteiger partial charge in [0.05, 0.1) is 6.04 Å². The number of hydrogen-bond donors (Lipinski definition) is 5. The molecule has 0 aromatic heterocycles. The number of Topliss-reactive ketones (excluding diaryl/α,β-unsaturated/α-hetero) is 1. The first-order valence-corrected chi connectivity index (χ1v) is 20.6. The molecule has 7 aromatic carbocycles. The van der Waals surface area contributed by atoms with E-state index in [1.165, 1.54) is 54.7 Å². The molecule has 0 saturated heterocycles. The van der Waals surface area contributed by atoms with Crippen molar-refractivity contribution < 1.29 is 20.1 Å². The van der Waals surface area contributed by atoms with Crippen LogP contribution in [0.3, 0.4) is 0 Å². The number of anilines is 3. The standard InChI is InChI=1S/C34H30N2O2.C15H15N.C4H2O4/c1-33(2)27(35-25-15-13-19-9-5-7-11-21(19)29(25)33)17-23-31(37)24(32(23)38)18-28-34(3,4)30-22-12-8-6-10-20(22)14-16-26(30)36-28;1-10-15(2,3)14-12-7-5-4-6-11(12)8-9-13(14)16-10;5-1-2(6)4(8)3(1)7/h5-18,27,35-37H,1-4H3;4-9,16H,1H2,2-3H3;5-6H/p-1. The Bertz CT molecular complexity index is 3230. The zero-order chi connectivity index (χ0) is 44.0. The van der Waals surface area contributed by atoms with E-state index in [0.29, 0.717) is 0 Å². The molecule has 1 aliphatic carbocycles. The molecule has 9 nitrogen and oxygen atoms in total. The predicted molar refractivity (Wildman–Crippen MR) is 248 cm³/mol. The summed E-state index contributed by atoms with van der Waals surface area (Å²) in [4.78, 5) is 33.2. The van der Waals surface area contributed by atoms with Crippen LogP contribution in [0.25, 0.3) is 32.3 Å². The fraction of sp³-hybridized carbons (Fsp3) is 0.189. The van der Waals surface area contributed by atoms with Crippen LogP contribution in [-0.2, 0) is 21.0 Å². The number of hydrogen-bond acceptors (Lipinski definition) is 9. The molecule has 9 heteroatoms. The van der Waals surface area contributed by atoms with E-state index in [0.717, 1.165) is 22.8 Å². The maximum absolute atomic E-state index is 13.3. The molecule has 1 unspecified atom stereocenters. The second-order valence-corrected chi connectivity index (χ2v) is 18.0. The number of carbonyl (C=O) groups excluding carboxylic acids is 1. The van der Waals surface area contributed by atoms with Crippen molar-refractivity contribution in [3.63, 3.8) is 0 Å². The van der Waals surface area contributed by atoms with Gasteiger partial charge in [-0.15, -0.1) is 0 Å². The van der Waals surface area contributed by atoms with Gasteiger partial charge >= 0.3 is 0 Å². The van der Waals surface area contributed by atoms with Crippen LogP contribution in [0.1, 0.15) is 58.2 Å². The van der Waals surface area contributed by atoms with Gasteiger partial charge in [0.25, 0.3) is 10.9 Å². The summed E-state index contributed by atoms with van der Waals surface area (Å²) in [5.41, 5.74) is 6.91. The molecule has 310 valence electrons. The van der Waals surface area contributed by atoms with E-state index < -0.39 is 22.4 Å². The Morgan fingerprint density at radius 1 is 0.597 bits per heavy atom. The van der Waals surface area contributed by atoms with E-state index in [9.17, 15) is 19.5 Å². The minimum Gasteiger partial charge on any atom is -0.871 e. The lowest BCUT2D eigenvalue weighted by Gasteiger charge is -2.33. The van der Waals surface area contributed by atoms with E-state index in [2.05, 4.69) is 155 Å². The molecule has 0 amide bonds. The molecule has 62 heavy (non-hydrogen) atoms. The fourth-order valence-corrected chi connectivity index (χ4v) is 9.45. The molecular formula is C53H46N3O6-. The Kier molecular flexibility index (Phi) is 9.10. The zero-order valence-corrected chi connectivity index (χ0v) is 35.4. The molecule has 4 aliphatic rings. The number of ketones is 1. The second-order valence-electron chi connectivity index (χ2n) is 18.0. The molecule has 0 saturated carbocycles. The summed E-state index contributed by atoms with van der Waals surface area (Å²) in [5, 5.41) is 47.6. The Balaban J connectivity index is 0.000000166. The van der Waals surface area contributed by atoms with E-state index in [1.807, 2.05) is 24.3 Å². The first-order chi connectivity index (χ1) is 29.4. The van der Waals surface area contributed by atoms with E-state index in [4.69, 9.17) is 10.2 Å². The number of benzene rings is 6. The van der Waals surface area contributed by atoms with E-state index in [-0.39, 0.29) is 45.0 Å². The molecule has 0 radical (unpaired) electrons. The average Bonchev–Trinajstić information content (AvgIpc) is 3.80. The van der Waals surface area contributed by atoms with E-state index >= 15 is 0 Å². The summed E-state index contributed by atoms with van der Waals surface area (Å²) in [6.45, 7) is 17.2. The molecule has 0 spiro atoms. The van der Waals surface area contributed by atoms with Crippen molar-refractivity contribution in [2.75, 3.05) is 16.0 Å². The third-order valence-electron chi connectivity index (χ3n) is 13.2. The zero-order valence-electron chi connectivity index (χ0n) is 35.4. The van der Waals surface area contributed by atoms with Crippen molar-refractivity contribution in [2.45, 2.75) is 63.8 Å². The monoisotopic (exact) mass is 820 g/mol. The van der Waals surface area contributed by atoms with Crippen LogP contribution >= 0.6 is 0 Å². The van der Waals surface area contributed by atoms with Crippen molar-refractivity contribution in [2.24, 2.45) is 0 Å². The number of nitrogens with one attached hydrogen (secondary N) is 3. The third-order valence-corrected chi connectivity index (χ3v) is 13.2. The van der Waals surface area contributed by atoms with Gasteiger partial charge in [-0.1, -0.05) is 151 Å². The van der Waals surface area contributed by atoms with Gasteiger partial charge < -0.3 is 31.3 Å². The minimum atomic E-state index is -1.01. The summed E-state index contributed by atoms with van der Waals surface area (Å²) in [6.07, 6.45) is 3.61. The molecule has 3 heterocycles. The number of aromatic hydroxyl groups is 2. The van der Waals surface area contributed by atoms with Crippen LogP contribution in [0.4, 0.5) is 17.1 Å². The summed E-state index contributed by atoms with van der Waals surface area (Å²) in [5.74, 6) is -2.01. The van der Waals surface area contributed by atoms with Crippen LogP contribution in [0.5, 0.6) is 11.5 Å². The summed E-state index contributed by atoms with van der Waals surface area (Å²) in [7, 11) is 0. The van der Waals surface area contributed by atoms with Gasteiger partial charge in [0, 0.05) is 55.8 Å².